The van der Waals surface area contributed by atoms with Crippen LogP contribution in [0.3, 0.4) is 0 Å². The molecule has 8 nitrogen and oxygen atoms in total. The van der Waals surface area contributed by atoms with Gasteiger partial charge in [-0.1, -0.05) is 41.4 Å². The van der Waals surface area contributed by atoms with Gasteiger partial charge in [-0.25, -0.2) is 14.5 Å². The Morgan fingerprint density at radius 2 is 1.77 bits per heavy atom. The van der Waals surface area contributed by atoms with Gasteiger partial charge in [0.25, 0.3) is 5.91 Å². The van der Waals surface area contributed by atoms with E-state index in [-0.39, 0.29) is 34.6 Å². The first-order chi connectivity index (χ1) is 18.8. The first-order valence-electron chi connectivity index (χ1n) is 12.4. The molecule has 5 rings (SSSR count). The van der Waals surface area contributed by atoms with Gasteiger partial charge in [0.2, 0.25) is 0 Å². The summed E-state index contributed by atoms with van der Waals surface area (Å²) in [6, 6.07) is 17.8. The van der Waals surface area contributed by atoms with E-state index in [0.29, 0.717) is 10.7 Å². The van der Waals surface area contributed by atoms with Gasteiger partial charge >= 0.3 is 5.97 Å². The van der Waals surface area contributed by atoms with E-state index in [1.807, 2.05) is 73.1 Å². The summed E-state index contributed by atoms with van der Waals surface area (Å²) in [6.07, 6.45) is 5.48. The van der Waals surface area contributed by atoms with Gasteiger partial charge in [-0.05, 0) is 63.2 Å². The Morgan fingerprint density at radius 3 is 2.44 bits per heavy atom. The number of imidazole rings is 1. The molecule has 0 N–H and O–H groups in total. The Morgan fingerprint density at radius 1 is 1.00 bits per heavy atom. The van der Waals surface area contributed by atoms with E-state index in [4.69, 9.17) is 27.9 Å². The zero-order valence-electron chi connectivity index (χ0n) is 21.5. The predicted molar refractivity (Wildman–Crippen MR) is 152 cm³/mol. The largest absolute Gasteiger partial charge is 0.462 e. The number of pyridine rings is 1. The van der Waals surface area contributed by atoms with Crippen molar-refractivity contribution in [1.29, 1.82) is 0 Å². The highest BCUT2D eigenvalue weighted by Crippen LogP contribution is 2.29. The number of fused-ring (bicyclic) bond motifs is 1. The van der Waals surface area contributed by atoms with Gasteiger partial charge in [0.15, 0.2) is 5.82 Å². The molecule has 0 aliphatic rings. The number of hydrogen-bond donors (Lipinski definition) is 0. The van der Waals surface area contributed by atoms with Crippen LogP contribution < -0.4 is 4.90 Å². The number of amides is 1. The summed E-state index contributed by atoms with van der Waals surface area (Å²) in [4.78, 5) is 32.7. The van der Waals surface area contributed by atoms with E-state index in [1.54, 1.807) is 29.9 Å². The standard InChI is InChI=1S/C29H25Cl2N5O3/c1-4-39-29(38)23-16-35(21-11-8-19(9-12-21)25-17-34-14-6-5-7-26(34)32-25)33-27(23)36(18(2)3)28(37)22-13-10-20(30)15-24(22)31/h5-18H,4H2,1-3H3. The summed E-state index contributed by atoms with van der Waals surface area (Å²) in [7, 11) is 0. The van der Waals surface area contributed by atoms with Crippen molar-refractivity contribution in [3.63, 3.8) is 0 Å². The Kier molecular flexibility index (Phi) is 7.41. The molecular weight excluding hydrogens is 537 g/mol. The minimum atomic E-state index is -0.583. The van der Waals surface area contributed by atoms with Crippen molar-refractivity contribution in [2.75, 3.05) is 11.5 Å². The highest BCUT2D eigenvalue weighted by atomic mass is 35.5. The highest BCUT2D eigenvalue weighted by Gasteiger charge is 2.30. The van der Waals surface area contributed by atoms with Crippen molar-refractivity contribution in [2.24, 2.45) is 0 Å². The molecule has 39 heavy (non-hydrogen) atoms. The first kappa shape index (κ1) is 26.5. The molecular formula is C29H25Cl2N5O3. The first-order valence-corrected chi connectivity index (χ1v) is 13.1. The van der Waals surface area contributed by atoms with Crippen molar-refractivity contribution >= 4 is 46.5 Å². The van der Waals surface area contributed by atoms with Crippen molar-refractivity contribution in [2.45, 2.75) is 26.8 Å². The van der Waals surface area contributed by atoms with Gasteiger partial charge in [-0.2, -0.15) is 0 Å². The molecule has 0 unspecified atom stereocenters. The quantitative estimate of drug-likeness (QED) is 0.206. The molecule has 0 saturated heterocycles. The summed E-state index contributed by atoms with van der Waals surface area (Å²) in [5, 5.41) is 5.29. The van der Waals surface area contributed by atoms with Crippen LogP contribution in [0.1, 0.15) is 41.5 Å². The second-order valence-electron chi connectivity index (χ2n) is 9.06. The maximum atomic E-state index is 13.7. The molecule has 0 saturated carbocycles. The third-order valence-corrected chi connectivity index (χ3v) is 6.65. The fourth-order valence-electron chi connectivity index (χ4n) is 4.25. The monoisotopic (exact) mass is 561 g/mol. The second kappa shape index (κ2) is 10.9. The normalized spacial score (nSPS) is 11.2. The van der Waals surface area contributed by atoms with Crippen LogP contribution in [-0.2, 0) is 4.74 Å². The number of hydrogen-bond acceptors (Lipinski definition) is 5. The molecule has 198 valence electrons. The van der Waals surface area contributed by atoms with Crippen LogP contribution in [0.2, 0.25) is 10.0 Å². The molecule has 3 heterocycles. The Balaban J connectivity index is 1.54. The molecule has 0 atom stereocenters. The van der Waals surface area contributed by atoms with E-state index in [2.05, 4.69) is 10.1 Å². The number of halogens is 2. The summed E-state index contributed by atoms with van der Waals surface area (Å²) >= 11 is 12.4. The Bertz CT molecular complexity index is 1640. The van der Waals surface area contributed by atoms with Crippen LogP contribution in [0, 0.1) is 0 Å². The number of ether oxygens (including phenoxy) is 1. The lowest BCUT2D eigenvalue weighted by Gasteiger charge is -2.26. The summed E-state index contributed by atoms with van der Waals surface area (Å²) in [5.74, 6) is -0.825. The lowest BCUT2D eigenvalue weighted by molar-refractivity contribution is 0.0527. The highest BCUT2D eigenvalue weighted by molar-refractivity contribution is 6.37. The van der Waals surface area contributed by atoms with Crippen molar-refractivity contribution in [1.82, 2.24) is 19.2 Å². The van der Waals surface area contributed by atoms with Gasteiger partial charge < -0.3 is 9.14 Å². The number of carbonyl (C=O) groups is 2. The zero-order chi connectivity index (χ0) is 27.7. The van der Waals surface area contributed by atoms with Crippen molar-refractivity contribution < 1.29 is 14.3 Å². The predicted octanol–water partition coefficient (Wildman–Crippen LogP) is 6.73. The Labute approximate surface area is 235 Å². The van der Waals surface area contributed by atoms with E-state index in [9.17, 15) is 9.59 Å². The van der Waals surface area contributed by atoms with Gasteiger partial charge in [0.1, 0.15) is 11.2 Å². The minimum absolute atomic E-state index is 0.161. The molecule has 0 aliphatic heterocycles. The number of anilines is 1. The smallest absolute Gasteiger partial charge is 0.343 e. The lowest BCUT2D eigenvalue weighted by atomic mass is 10.1. The third-order valence-electron chi connectivity index (χ3n) is 6.11. The van der Waals surface area contributed by atoms with Crippen LogP contribution in [-0.4, -0.2) is 43.7 Å². The van der Waals surface area contributed by atoms with Gasteiger partial charge in [0, 0.05) is 35.2 Å². The fraction of sp³-hybridized carbons (Fsp3) is 0.172. The molecule has 0 radical (unpaired) electrons. The number of benzene rings is 2. The van der Waals surface area contributed by atoms with Crippen LogP contribution >= 0.6 is 23.2 Å². The van der Waals surface area contributed by atoms with Crippen LogP contribution in [0.4, 0.5) is 5.82 Å². The van der Waals surface area contributed by atoms with E-state index < -0.39 is 11.9 Å². The molecule has 1 amide bonds. The topological polar surface area (TPSA) is 81.7 Å². The maximum Gasteiger partial charge on any atom is 0.343 e. The molecule has 0 fully saturated rings. The minimum Gasteiger partial charge on any atom is -0.462 e. The number of aromatic nitrogens is 4. The van der Waals surface area contributed by atoms with Crippen molar-refractivity contribution in [3.8, 4) is 16.9 Å². The number of rotatable bonds is 7. The molecule has 5 aromatic rings. The summed E-state index contributed by atoms with van der Waals surface area (Å²) < 4.78 is 8.81. The van der Waals surface area contributed by atoms with Crippen molar-refractivity contribution in [3.05, 3.63) is 100 Å². The number of carbonyl (C=O) groups excluding carboxylic acids is 2. The van der Waals surface area contributed by atoms with Gasteiger partial charge in [0.05, 0.1) is 28.6 Å². The van der Waals surface area contributed by atoms with E-state index in [0.717, 1.165) is 16.9 Å². The number of esters is 1. The summed E-state index contributed by atoms with van der Waals surface area (Å²) in [6.45, 7) is 5.56. The molecule has 0 spiro atoms. The molecule has 2 aromatic carbocycles. The van der Waals surface area contributed by atoms with Crippen LogP contribution in [0.15, 0.2) is 79.3 Å². The van der Waals surface area contributed by atoms with Crippen LogP contribution in [0.25, 0.3) is 22.6 Å². The molecule has 3 aromatic heterocycles. The summed E-state index contributed by atoms with van der Waals surface area (Å²) in [5.41, 5.74) is 3.71. The molecule has 0 aliphatic carbocycles. The third kappa shape index (κ3) is 5.26. The fourth-order valence-corrected chi connectivity index (χ4v) is 4.74. The Hall–Kier alpha value is -4.14. The van der Waals surface area contributed by atoms with Gasteiger partial charge in [-0.3, -0.25) is 9.69 Å². The van der Waals surface area contributed by atoms with E-state index in [1.165, 1.54) is 11.0 Å². The van der Waals surface area contributed by atoms with E-state index >= 15 is 0 Å². The maximum absolute atomic E-state index is 13.7. The average molecular weight is 562 g/mol. The average Bonchev–Trinajstić information content (AvgIpc) is 3.54. The zero-order valence-corrected chi connectivity index (χ0v) is 23.0. The SMILES string of the molecule is CCOC(=O)c1cn(-c2ccc(-c3cn4ccccc4n3)cc2)nc1N(C(=O)c1ccc(Cl)cc1Cl)C(C)C. The second-order valence-corrected chi connectivity index (χ2v) is 9.91. The molecule has 10 heteroatoms. The van der Waals surface area contributed by atoms with Gasteiger partial charge in [-0.15, -0.1) is 5.10 Å². The number of nitrogens with zero attached hydrogens (tertiary/aromatic N) is 5. The van der Waals surface area contributed by atoms with Crippen LogP contribution in [0.5, 0.6) is 0 Å². The molecule has 0 bridgehead atoms. The lowest BCUT2D eigenvalue weighted by Crippen LogP contribution is -2.38.